The van der Waals surface area contributed by atoms with E-state index in [9.17, 15) is 17.6 Å². The Balaban J connectivity index is 1.46. The van der Waals surface area contributed by atoms with Gasteiger partial charge >= 0.3 is 0 Å². The standard InChI is InChI=1S/C24H30FN3O3S/c25-22-11-10-19(16-23(22)32(30,31)28-14-6-7-15-28)24(29)26-17-20-8-2-3-9-21(20)18-27-12-4-1-5-13-27/h2-3,8-11,16H,1,4-7,12-15,17-18H2,(H,26,29). The van der Waals surface area contributed by atoms with Crippen molar-refractivity contribution in [2.24, 2.45) is 0 Å². The van der Waals surface area contributed by atoms with Crippen molar-refractivity contribution in [3.63, 3.8) is 0 Å². The highest BCUT2D eigenvalue weighted by Gasteiger charge is 2.30. The summed E-state index contributed by atoms with van der Waals surface area (Å²) in [5, 5.41) is 2.87. The van der Waals surface area contributed by atoms with Crippen molar-refractivity contribution in [1.82, 2.24) is 14.5 Å². The molecule has 8 heteroatoms. The molecular weight excluding hydrogens is 429 g/mol. The molecule has 2 saturated heterocycles. The number of carbonyl (C=O) groups is 1. The summed E-state index contributed by atoms with van der Waals surface area (Å²) in [6, 6.07) is 11.6. The van der Waals surface area contributed by atoms with E-state index in [1.165, 1.54) is 35.2 Å². The van der Waals surface area contributed by atoms with Gasteiger partial charge in [0.25, 0.3) is 5.91 Å². The highest BCUT2D eigenvalue weighted by Crippen LogP contribution is 2.24. The number of sulfonamides is 1. The van der Waals surface area contributed by atoms with E-state index in [4.69, 9.17) is 0 Å². The van der Waals surface area contributed by atoms with Crippen LogP contribution in [-0.2, 0) is 23.1 Å². The van der Waals surface area contributed by atoms with E-state index in [-0.39, 0.29) is 5.56 Å². The number of nitrogens with one attached hydrogen (secondary N) is 1. The number of halogens is 1. The second-order valence-electron chi connectivity index (χ2n) is 8.54. The molecule has 0 aliphatic carbocycles. The average Bonchev–Trinajstić information content (AvgIpc) is 3.35. The van der Waals surface area contributed by atoms with E-state index in [2.05, 4.69) is 16.3 Å². The average molecular weight is 460 g/mol. The predicted molar refractivity (Wildman–Crippen MR) is 121 cm³/mol. The maximum atomic E-state index is 14.4. The molecule has 0 aromatic heterocycles. The van der Waals surface area contributed by atoms with Crippen LogP contribution in [0, 0.1) is 5.82 Å². The third kappa shape index (κ3) is 5.19. The maximum Gasteiger partial charge on any atom is 0.251 e. The molecule has 0 saturated carbocycles. The first kappa shape index (κ1) is 22.9. The minimum atomic E-state index is -3.94. The second-order valence-corrected chi connectivity index (χ2v) is 10.5. The Morgan fingerprint density at radius 3 is 2.28 bits per heavy atom. The monoisotopic (exact) mass is 459 g/mol. The Bertz CT molecular complexity index is 1060. The molecule has 0 radical (unpaired) electrons. The Labute approximate surface area is 189 Å². The molecular formula is C24H30FN3O3S. The number of benzene rings is 2. The van der Waals surface area contributed by atoms with Crippen LogP contribution in [-0.4, -0.2) is 49.7 Å². The highest BCUT2D eigenvalue weighted by molar-refractivity contribution is 7.89. The first-order valence-corrected chi connectivity index (χ1v) is 12.8. The van der Waals surface area contributed by atoms with Crippen LogP contribution in [0.1, 0.15) is 53.6 Å². The summed E-state index contributed by atoms with van der Waals surface area (Å²) in [6.07, 6.45) is 5.23. The normalized spacial score (nSPS) is 18.0. The third-order valence-electron chi connectivity index (χ3n) is 6.28. The molecule has 0 spiro atoms. The van der Waals surface area contributed by atoms with Crippen LogP contribution in [0.2, 0.25) is 0 Å². The van der Waals surface area contributed by atoms with Gasteiger partial charge in [0.05, 0.1) is 0 Å². The second kappa shape index (κ2) is 10.1. The first-order valence-electron chi connectivity index (χ1n) is 11.3. The predicted octanol–water partition coefficient (Wildman–Crippen LogP) is 3.53. The van der Waals surface area contributed by atoms with Crippen LogP contribution in [0.25, 0.3) is 0 Å². The van der Waals surface area contributed by atoms with Crippen molar-refractivity contribution in [3.05, 3.63) is 65.0 Å². The van der Waals surface area contributed by atoms with Gasteiger partial charge < -0.3 is 5.32 Å². The van der Waals surface area contributed by atoms with Crippen LogP contribution in [0.15, 0.2) is 47.4 Å². The van der Waals surface area contributed by atoms with Crippen molar-refractivity contribution in [1.29, 1.82) is 0 Å². The molecule has 2 aliphatic heterocycles. The van der Waals surface area contributed by atoms with Gasteiger partial charge in [0, 0.05) is 31.7 Å². The van der Waals surface area contributed by atoms with Gasteiger partial charge in [-0.1, -0.05) is 30.7 Å². The lowest BCUT2D eigenvalue weighted by Gasteiger charge is -2.27. The van der Waals surface area contributed by atoms with Crippen LogP contribution in [0.5, 0.6) is 0 Å². The lowest BCUT2D eigenvalue weighted by atomic mass is 10.0. The lowest BCUT2D eigenvalue weighted by Crippen LogP contribution is -2.30. The zero-order valence-electron chi connectivity index (χ0n) is 18.2. The number of rotatable bonds is 7. The molecule has 2 fully saturated rings. The molecule has 0 unspecified atom stereocenters. The molecule has 0 bridgehead atoms. The summed E-state index contributed by atoms with van der Waals surface area (Å²) in [5.74, 6) is -1.25. The molecule has 6 nitrogen and oxygen atoms in total. The van der Waals surface area contributed by atoms with Gasteiger partial charge in [-0.25, -0.2) is 12.8 Å². The molecule has 1 amide bonds. The summed E-state index contributed by atoms with van der Waals surface area (Å²) >= 11 is 0. The molecule has 32 heavy (non-hydrogen) atoms. The summed E-state index contributed by atoms with van der Waals surface area (Å²) in [7, 11) is -3.94. The smallest absolute Gasteiger partial charge is 0.251 e. The SMILES string of the molecule is O=C(NCc1ccccc1CN1CCCCC1)c1ccc(F)c(S(=O)(=O)N2CCCC2)c1. The minimum Gasteiger partial charge on any atom is -0.348 e. The molecule has 2 aromatic rings. The zero-order valence-corrected chi connectivity index (χ0v) is 19.0. The summed E-state index contributed by atoms with van der Waals surface area (Å²) in [5.41, 5.74) is 2.34. The topological polar surface area (TPSA) is 69.7 Å². The van der Waals surface area contributed by atoms with Gasteiger partial charge in [0.15, 0.2) is 0 Å². The van der Waals surface area contributed by atoms with Crippen molar-refractivity contribution < 1.29 is 17.6 Å². The van der Waals surface area contributed by atoms with Crippen molar-refractivity contribution >= 4 is 15.9 Å². The van der Waals surface area contributed by atoms with Crippen LogP contribution >= 0.6 is 0 Å². The van der Waals surface area contributed by atoms with Crippen LogP contribution in [0.3, 0.4) is 0 Å². The zero-order chi connectivity index (χ0) is 22.6. The molecule has 0 atom stereocenters. The lowest BCUT2D eigenvalue weighted by molar-refractivity contribution is 0.0950. The fourth-order valence-corrected chi connectivity index (χ4v) is 6.04. The van der Waals surface area contributed by atoms with Crippen molar-refractivity contribution in [2.45, 2.75) is 50.1 Å². The van der Waals surface area contributed by atoms with Gasteiger partial charge in [-0.05, 0) is 68.1 Å². The van der Waals surface area contributed by atoms with Gasteiger partial charge in [0.1, 0.15) is 10.7 Å². The number of piperidine rings is 1. The Kier molecular flexibility index (Phi) is 7.23. The fourth-order valence-electron chi connectivity index (χ4n) is 4.43. The third-order valence-corrected chi connectivity index (χ3v) is 8.19. The van der Waals surface area contributed by atoms with Crippen molar-refractivity contribution in [2.75, 3.05) is 26.2 Å². The molecule has 1 N–H and O–H groups in total. The van der Waals surface area contributed by atoms with E-state index in [1.54, 1.807) is 0 Å². The number of likely N-dealkylation sites (tertiary alicyclic amines) is 1. The van der Waals surface area contributed by atoms with E-state index < -0.39 is 26.6 Å². The van der Waals surface area contributed by atoms with Gasteiger partial charge in [-0.3, -0.25) is 9.69 Å². The number of amides is 1. The van der Waals surface area contributed by atoms with E-state index >= 15 is 0 Å². The first-order chi connectivity index (χ1) is 15.4. The van der Waals surface area contributed by atoms with Crippen LogP contribution in [0.4, 0.5) is 4.39 Å². The van der Waals surface area contributed by atoms with Gasteiger partial charge in [0.2, 0.25) is 10.0 Å². The quantitative estimate of drug-likeness (QED) is 0.688. The molecule has 4 rings (SSSR count). The Morgan fingerprint density at radius 1 is 0.906 bits per heavy atom. The summed E-state index contributed by atoms with van der Waals surface area (Å²) in [6.45, 7) is 4.11. The Hall–Kier alpha value is -2.29. The number of hydrogen-bond donors (Lipinski definition) is 1. The number of nitrogens with zero attached hydrogens (tertiary/aromatic N) is 2. The fraction of sp³-hybridized carbons (Fsp3) is 0.458. The molecule has 2 heterocycles. The Morgan fingerprint density at radius 2 is 1.56 bits per heavy atom. The van der Waals surface area contributed by atoms with E-state index in [0.717, 1.165) is 50.2 Å². The van der Waals surface area contributed by atoms with Gasteiger partial charge in [-0.15, -0.1) is 0 Å². The molecule has 2 aromatic carbocycles. The summed E-state index contributed by atoms with van der Waals surface area (Å²) in [4.78, 5) is 14.8. The molecule has 172 valence electrons. The molecule has 2 aliphatic rings. The minimum absolute atomic E-state index is 0.137. The number of carbonyl (C=O) groups excluding carboxylic acids is 1. The summed E-state index contributed by atoms with van der Waals surface area (Å²) < 4.78 is 41.2. The maximum absolute atomic E-state index is 14.4. The van der Waals surface area contributed by atoms with Crippen molar-refractivity contribution in [3.8, 4) is 0 Å². The highest BCUT2D eigenvalue weighted by atomic mass is 32.2. The largest absolute Gasteiger partial charge is 0.348 e. The number of hydrogen-bond acceptors (Lipinski definition) is 4. The van der Waals surface area contributed by atoms with Gasteiger partial charge in [-0.2, -0.15) is 4.31 Å². The van der Waals surface area contributed by atoms with Crippen LogP contribution < -0.4 is 5.32 Å². The van der Waals surface area contributed by atoms with E-state index in [0.29, 0.717) is 19.6 Å². The van der Waals surface area contributed by atoms with E-state index in [1.807, 2.05) is 18.2 Å².